The van der Waals surface area contributed by atoms with Crippen LogP contribution in [-0.2, 0) is 35.7 Å². The normalized spacial score (nSPS) is 31.4. The van der Waals surface area contributed by atoms with E-state index < -0.39 is 68.7 Å². The highest BCUT2D eigenvalue weighted by Gasteiger charge is 2.62. The summed E-state index contributed by atoms with van der Waals surface area (Å²) in [5.41, 5.74) is -1.73. The number of rotatable bonds is 7. The minimum atomic E-state index is -3.91. The van der Waals surface area contributed by atoms with Crippen LogP contribution in [0.4, 0.5) is 4.79 Å². The average molecular weight is 806 g/mol. The third kappa shape index (κ3) is 8.18. The molecular weight excluding hydrogens is 751 g/mol. The lowest BCUT2D eigenvalue weighted by molar-refractivity contribution is -0.142. The summed E-state index contributed by atoms with van der Waals surface area (Å²) < 4.78 is 42.1. The molecule has 1 aromatic heterocycles. The molecule has 308 valence electrons. The van der Waals surface area contributed by atoms with E-state index in [9.17, 15) is 32.4 Å². The van der Waals surface area contributed by atoms with Crippen molar-refractivity contribution in [2.24, 2.45) is 17.8 Å². The summed E-state index contributed by atoms with van der Waals surface area (Å²) in [5, 5.41) is 6.43. The van der Waals surface area contributed by atoms with Crippen molar-refractivity contribution in [3.63, 3.8) is 0 Å². The molecule has 57 heavy (non-hydrogen) atoms. The zero-order valence-corrected chi connectivity index (χ0v) is 33.3. The summed E-state index contributed by atoms with van der Waals surface area (Å²) in [7, 11) is -3.91. The molecule has 1 aromatic carbocycles. The molecule has 4 saturated carbocycles. The molecule has 14 nitrogen and oxygen atoms in total. The van der Waals surface area contributed by atoms with E-state index in [-0.39, 0.29) is 42.9 Å². The summed E-state index contributed by atoms with van der Waals surface area (Å²) in [6, 6.07) is 7.06. The monoisotopic (exact) mass is 805 g/mol. The van der Waals surface area contributed by atoms with Crippen molar-refractivity contribution in [3.05, 3.63) is 53.3 Å². The fraction of sp³-hybridized carbons (Fsp3) is 0.643. The Morgan fingerprint density at radius 1 is 0.895 bits per heavy atom. The first kappa shape index (κ1) is 39.4. The third-order valence-corrected chi connectivity index (χ3v) is 15.2. The van der Waals surface area contributed by atoms with E-state index >= 15 is 0 Å². The molecule has 0 unspecified atom stereocenters. The molecule has 5 fully saturated rings. The van der Waals surface area contributed by atoms with E-state index in [4.69, 9.17) is 9.47 Å². The van der Waals surface area contributed by atoms with Gasteiger partial charge < -0.3 is 25.0 Å². The zero-order chi connectivity index (χ0) is 39.9. The van der Waals surface area contributed by atoms with Crippen LogP contribution in [0.5, 0.6) is 5.88 Å². The number of fused-ring (bicyclic) bond motifs is 5. The van der Waals surface area contributed by atoms with Crippen LogP contribution in [0.3, 0.4) is 0 Å². The summed E-state index contributed by atoms with van der Waals surface area (Å²) in [4.78, 5) is 72.0. The molecule has 6 aliphatic rings. The minimum Gasteiger partial charge on any atom is -0.473 e. The number of sulfonamides is 1. The molecule has 7 atom stereocenters. The Kier molecular flexibility index (Phi) is 11.1. The first-order valence-electron chi connectivity index (χ1n) is 21.0. The van der Waals surface area contributed by atoms with Crippen LogP contribution in [0.2, 0.25) is 0 Å². The predicted octanol–water partition coefficient (Wildman–Crippen LogP) is 4.44. The second kappa shape index (κ2) is 16.1. The van der Waals surface area contributed by atoms with Gasteiger partial charge in [0.15, 0.2) is 5.88 Å². The largest absolute Gasteiger partial charge is 0.473 e. The maximum atomic E-state index is 14.9. The van der Waals surface area contributed by atoms with E-state index in [1.54, 1.807) is 10.6 Å². The van der Waals surface area contributed by atoms with Gasteiger partial charge in [-0.15, -0.1) is 6.58 Å². The van der Waals surface area contributed by atoms with Gasteiger partial charge in [-0.1, -0.05) is 56.4 Å². The predicted molar refractivity (Wildman–Crippen MR) is 212 cm³/mol. The Labute approximate surface area is 333 Å². The summed E-state index contributed by atoms with van der Waals surface area (Å²) in [6.45, 7) is 4.21. The maximum absolute atomic E-state index is 14.9. The number of carbonyl (C=O) groups excluding carboxylic acids is 4. The zero-order valence-electron chi connectivity index (χ0n) is 32.5. The van der Waals surface area contributed by atoms with Crippen LogP contribution in [0.15, 0.2) is 47.8 Å². The van der Waals surface area contributed by atoms with Crippen LogP contribution < -0.4 is 25.7 Å². The number of nitrogens with one attached hydrogen (secondary N) is 3. The molecule has 0 spiro atoms. The van der Waals surface area contributed by atoms with Gasteiger partial charge in [-0.05, 0) is 87.5 Å². The standard InChI is InChI=1S/C42H55N5O9S/c1-2-29-24-42(29,40(51)45-57(53,54)31-19-20-31)44-37(48)33-23-30-25-47(33)39(50)36(27-13-6-7-14-27)43-41(52)56-34-18-11-16-26(34)12-5-3-4-10-21-46-35(55-30)22-28-15-8-9-17-32(28)38(46)49/h2,8-9,15,17,22,26-27,29-31,33-34,36H,1,3-7,10-14,16,18-21,23-25H2,(H,43,52)(H,44,48)(H,45,51)/t26-,29-,30-,33+,34-,36+,42-/m1/s1. The van der Waals surface area contributed by atoms with Crippen LogP contribution in [0, 0.1) is 17.8 Å². The topological polar surface area (TPSA) is 182 Å². The lowest BCUT2D eigenvalue weighted by atomic mass is 9.96. The molecule has 3 N–H and O–H groups in total. The minimum absolute atomic E-state index is 0.0251. The lowest BCUT2D eigenvalue weighted by Crippen LogP contribution is -2.59. The lowest BCUT2D eigenvalue weighted by Gasteiger charge is -2.32. The van der Waals surface area contributed by atoms with Gasteiger partial charge in [-0.2, -0.15) is 0 Å². The fourth-order valence-electron chi connectivity index (χ4n) is 9.82. The van der Waals surface area contributed by atoms with E-state index in [1.165, 1.54) is 11.0 Å². The summed E-state index contributed by atoms with van der Waals surface area (Å²) in [6.07, 6.45) is 11.5. The second-order valence-electron chi connectivity index (χ2n) is 17.2. The molecule has 4 aliphatic carbocycles. The molecule has 3 heterocycles. The van der Waals surface area contributed by atoms with Gasteiger partial charge in [0.2, 0.25) is 21.8 Å². The highest BCUT2D eigenvalue weighted by atomic mass is 32.2. The Morgan fingerprint density at radius 3 is 2.37 bits per heavy atom. The molecular formula is C42H55N5O9S. The Morgan fingerprint density at radius 2 is 1.61 bits per heavy atom. The molecule has 15 heteroatoms. The van der Waals surface area contributed by atoms with Crippen LogP contribution in [0.1, 0.15) is 103 Å². The number of ether oxygens (including phenoxy) is 2. The van der Waals surface area contributed by atoms with Crippen LogP contribution in [0.25, 0.3) is 10.8 Å². The van der Waals surface area contributed by atoms with E-state index in [0.29, 0.717) is 36.0 Å². The Hall–Kier alpha value is -4.40. The Balaban J connectivity index is 1.13. The first-order valence-corrected chi connectivity index (χ1v) is 22.6. The van der Waals surface area contributed by atoms with Crippen molar-refractivity contribution in [2.75, 3.05) is 6.54 Å². The molecule has 4 amide bonds. The third-order valence-electron chi connectivity index (χ3n) is 13.3. The van der Waals surface area contributed by atoms with E-state index in [0.717, 1.165) is 77.0 Å². The highest BCUT2D eigenvalue weighted by Crippen LogP contribution is 2.46. The van der Waals surface area contributed by atoms with Crippen LogP contribution in [-0.4, -0.2) is 83.3 Å². The van der Waals surface area contributed by atoms with Crippen molar-refractivity contribution in [2.45, 2.75) is 144 Å². The molecule has 8 rings (SSSR count). The SMILES string of the molecule is C=C[C@@H]1C[C@]1(NC(=O)[C@@H]1C[C@@H]2CN1C(=O)[C@H](C1CCCC1)NC(=O)O[C@@H]1CCC[C@H]1CCCCCCn1c(cc3ccccc3c1=O)O2)C(=O)NS(=O)(=O)C1CC1. The van der Waals surface area contributed by atoms with Crippen molar-refractivity contribution < 1.29 is 37.1 Å². The number of alkyl carbamates (subject to hydrolysis) is 1. The maximum Gasteiger partial charge on any atom is 0.408 e. The van der Waals surface area contributed by atoms with E-state index in [1.807, 2.05) is 24.3 Å². The number of benzene rings is 1. The smallest absolute Gasteiger partial charge is 0.408 e. The van der Waals surface area contributed by atoms with Gasteiger partial charge in [0.25, 0.3) is 11.5 Å². The summed E-state index contributed by atoms with van der Waals surface area (Å²) >= 11 is 0. The average Bonchev–Trinajstić information content (AvgIpc) is 3.98. The van der Waals surface area contributed by atoms with Gasteiger partial charge in [0.05, 0.1) is 11.8 Å². The van der Waals surface area contributed by atoms with Gasteiger partial charge in [0, 0.05) is 30.3 Å². The van der Waals surface area contributed by atoms with Crippen molar-refractivity contribution in [3.8, 4) is 5.88 Å². The molecule has 1 saturated heterocycles. The van der Waals surface area contributed by atoms with Crippen molar-refractivity contribution in [1.82, 2.24) is 24.8 Å². The number of hydrogen-bond acceptors (Lipinski definition) is 9. The summed E-state index contributed by atoms with van der Waals surface area (Å²) in [5.74, 6) is -2.04. The van der Waals surface area contributed by atoms with Crippen molar-refractivity contribution >= 4 is 44.6 Å². The highest BCUT2D eigenvalue weighted by molar-refractivity contribution is 7.91. The molecule has 0 radical (unpaired) electrons. The van der Waals surface area contributed by atoms with Gasteiger partial charge in [-0.25, -0.2) is 13.2 Å². The van der Waals surface area contributed by atoms with Gasteiger partial charge in [0.1, 0.15) is 29.8 Å². The second-order valence-corrected chi connectivity index (χ2v) is 19.2. The van der Waals surface area contributed by atoms with Gasteiger partial charge in [-0.3, -0.25) is 28.5 Å². The number of aromatic nitrogens is 1. The quantitative estimate of drug-likeness (QED) is 0.341. The molecule has 2 bridgehead atoms. The number of carbonyl (C=O) groups is 4. The number of nitrogens with zero attached hydrogens (tertiary/aromatic N) is 2. The number of amides is 4. The number of hydrogen-bond donors (Lipinski definition) is 3. The Bertz CT molecular complexity index is 2080. The molecule has 2 aromatic rings. The van der Waals surface area contributed by atoms with Crippen molar-refractivity contribution in [1.29, 1.82) is 0 Å². The van der Waals surface area contributed by atoms with E-state index in [2.05, 4.69) is 21.9 Å². The van der Waals surface area contributed by atoms with Crippen LogP contribution >= 0.6 is 0 Å². The number of pyridine rings is 1. The molecule has 2 aliphatic heterocycles. The first-order chi connectivity index (χ1) is 27.5. The fourth-order valence-corrected chi connectivity index (χ4v) is 11.2. The van der Waals surface area contributed by atoms with Gasteiger partial charge >= 0.3 is 6.09 Å².